The first-order chi connectivity index (χ1) is 27.6. The van der Waals surface area contributed by atoms with E-state index in [0.717, 1.165) is 17.1 Å². The van der Waals surface area contributed by atoms with Crippen LogP contribution in [0.2, 0.25) is 0 Å². The third-order valence-corrected chi connectivity index (χ3v) is 8.53. The summed E-state index contributed by atoms with van der Waals surface area (Å²) in [5.74, 6) is -3.94. The Hall–Kier alpha value is -5.05. The number of carbonyl (C=O) groups is 8. The fourth-order valence-corrected chi connectivity index (χ4v) is 5.50. The number of hydrogen-bond acceptors (Lipinski definition) is 13. The second-order valence-electron chi connectivity index (χ2n) is 13.8. The van der Waals surface area contributed by atoms with Crippen molar-refractivity contribution in [2.24, 2.45) is 0 Å². The molecule has 1 aliphatic rings. The first kappa shape index (κ1) is 49.1. The summed E-state index contributed by atoms with van der Waals surface area (Å²) < 4.78 is 21.3. The number of carboxylic acid groups (broad SMARTS) is 1. The molecule has 1 aromatic rings. The molecule has 0 aliphatic carbocycles. The molecule has 0 saturated heterocycles. The number of thioether (sulfide) groups is 1. The summed E-state index contributed by atoms with van der Waals surface area (Å²) in [5.41, 5.74) is 0.285. The second-order valence-corrected chi connectivity index (χ2v) is 14.8. The van der Waals surface area contributed by atoms with E-state index in [-0.39, 0.29) is 57.2 Å². The Morgan fingerprint density at radius 2 is 1.48 bits per heavy atom. The number of imide groups is 1. The number of hydrogen-bond donors (Lipinski definition) is 6. The Labute approximate surface area is 342 Å². The molecule has 0 radical (unpaired) electrons. The molecular weight excluding hydrogens is 781 g/mol. The highest BCUT2D eigenvalue weighted by Crippen LogP contribution is 2.10. The number of nitrogens with zero attached hydrogens (tertiary/aromatic N) is 1. The third kappa shape index (κ3) is 20.9. The quantitative estimate of drug-likeness (QED) is 0.0497. The first-order valence-corrected chi connectivity index (χ1v) is 20.2. The summed E-state index contributed by atoms with van der Waals surface area (Å²) >= 11 is 1.45. The van der Waals surface area contributed by atoms with Gasteiger partial charge in [-0.05, 0) is 76.2 Å². The third-order valence-electron chi connectivity index (χ3n) is 7.88. The maximum absolute atomic E-state index is 13.2. The number of unbranched alkanes of at least 4 members (excludes halogenated alkanes) is 1. The minimum absolute atomic E-state index is 0.0373. The van der Waals surface area contributed by atoms with Crippen LogP contribution in [-0.2, 0) is 54.3 Å². The number of carbonyl (C=O) groups excluding carboxylic acids is 7. The van der Waals surface area contributed by atoms with Crippen LogP contribution in [0.15, 0.2) is 36.4 Å². The average molecular weight is 837 g/mol. The Morgan fingerprint density at radius 3 is 2.14 bits per heavy atom. The van der Waals surface area contributed by atoms with Crippen LogP contribution in [0.4, 0.5) is 4.79 Å². The molecule has 1 aliphatic heterocycles. The van der Waals surface area contributed by atoms with Crippen molar-refractivity contribution in [3.63, 3.8) is 0 Å². The van der Waals surface area contributed by atoms with Crippen LogP contribution < -0.4 is 26.6 Å². The van der Waals surface area contributed by atoms with Gasteiger partial charge in [-0.3, -0.25) is 33.7 Å². The van der Waals surface area contributed by atoms with E-state index in [1.807, 2.05) is 6.26 Å². The zero-order chi connectivity index (χ0) is 42.9. The van der Waals surface area contributed by atoms with E-state index < -0.39 is 65.8 Å². The monoisotopic (exact) mass is 836 g/mol. The highest BCUT2D eigenvalue weighted by molar-refractivity contribution is 7.98. The summed E-state index contributed by atoms with van der Waals surface area (Å²) in [6, 6.07) is 4.22. The first-order valence-electron chi connectivity index (χ1n) is 18.8. The van der Waals surface area contributed by atoms with Crippen molar-refractivity contribution in [3.8, 4) is 0 Å². The van der Waals surface area contributed by atoms with E-state index in [1.54, 1.807) is 45.0 Å². The predicted molar refractivity (Wildman–Crippen MR) is 212 cm³/mol. The van der Waals surface area contributed by atoms with Gasteiger partial charge in [0.2, 0.25) is 17.7 Å². The van der Waals surface area contributed by atoms with Crippen LogP contribution >= 0.6 is 11.8 Å². The number of ether oxygens (including phenoxy) is 4. The Morgan fingerprint density at radius 1 is 0.810 bits per heavy atom. The van der Waals surface area contributed by atoms with E-state index in [9.17, 15) is 43.5 Å². The fraction of sp³-hybridized carbons (Fsp3) is 0.579. The molecule has 0 bridgehead atoms. The molecular formula is C38H56N6O13S. The van der Waals surface area contributed by atoms with E-state index in [0.29, 0.717) is 50.5 Å². The minimum atomic E-state index is -1.28. The van der Waals surface area contributed by atoms with Gasteiger partial charge in [-0.2, -0.15) is 11.8 Å². The molecule has 6 N–H and O–H groups in total. The molecule has 0 spiro atoms. The van der Waals surface area contributed by atoms with Gasteiger partial charge in [-0.1, -0.05) is 12.1 Å². The Kier molecular flexibility index (Phi) is 22.7. The molecule has 0 aromatic heterocycles. The van der Waals surface area contributed by atoms with Crippen LogP contribution in [0.5, 0.6) is 0 Å². The summed E-state index contributed by atoms with van der Waals surface area (Å²) in [6.07, 6.45) is 4.58. The topological polar surface area (TPSA) is 257 Å². The molecule has 322 valence electrons. The number of amides is 7. The molecule has 7 amide bonds. The predicted octanol–water partition coefficient (Wildman–Crippen LogP) is 0.510. The number of alkyl carbamates (subject to hydrolysis) is 1. The molecule has 0 saturated carbocycles. The average Bonchev–Trinajstić information content (AvgIpc) is 3.49. The largest absolute Gasteiger partial charge is 0.480 e. The maximum atomic E-state index is 13.2. The van der Waals surface area contributed by atoms with Crippen molar-refractivity contribution >= 4 is 59.3 Å². The van der Waals surface area contributed by atoms with Gasteiger partial charge in [0.15, 0.2) is 0 Å². The number of carboxylic acids is 1. The van der Waals surface area contributed by atoms with Crippen molar-refractivity contribution in [1.29, 1.82) is 0 Å². The minimum Gasteiger partial charge on any atom is -0.480 e. The van der Waals surface area contributed by atoms with E-state index in [4.69, 9.17) is 18.9 Å². The maximum Gasteiger partial charge on any atom is 0.407 e. The lowest BCUT2D eigenvalue weighted by atomic mass is 10.1. The summed E-state index contributed by atoms with van der Waals surface area (Å²) in [6.45, 7) is 6.45. The van der Waals surface area contributed by atoms with Gasteiger partial charge in [-0.25, -0.2) is 9.59 Å². The number of aliphatic carboxylic acids is 1. The second kappa shape index (κ2) is 26.8. The zero-order valence-electron chi connectivity index (χ0n) is 33.4. The van der Waals surface area contributed by atoms with Crippen molar-refractivity contribution < 1.29 is 62.4 Å². The lowest BCUT2D eigenvalue weighted by molar-refractivity contribution is -0.142. The number of benzene rings is 1. The fourth-order valence-electron chi connectivity index (χ4n) is 5.03. The smallest absolute Gasteiger partial charge is 0.407 e. The number of rotatable bonds is 28. The molecule has 1 aromatic carbocycles. The summed E-state index contributed by atoms with van der Waals surface area (Å²) in [4.78, 5) is 98.8. The summed E-state index contributed by atoms with van der Waals surface area (Å²) in [5, 5.41) is 22.4. The van der Waals surface area contributed by atoms with Crippen molar-refractivity contribution in [1.82, 2.24) is 31.5 Å². The van der Waals surface area contributed by atoms with Crippen LogP contribution in [0.25, 0.3) is 0 Å². The molecule has 20 heteroatoms. The van der Waals surface area contributed by atoms with E-state index in [1.165, 1.54) is 11.8 Å². The highest BCUT2D eigenvalue weighted by atomic mass is 32.2. The Balaban J connectivity index is 1.69. The Bertz CT molecular complexity index is 1570. The van der Waals surface area contributed by atoms with Gasteiger partial charge >= 0.3 is 12.1 Å². The van der Waals surface area contributed by atoms with E-state index >= 15 is 0 Å². The lowest BCUT2D eigenvalue weighted by Crippen LogP contribution is -2.51. The summed E-state index contributed by atoms with van der Waals surface area (Å²) in [7, 11) is 0. The van der Waals surface area contributed by atoms with Crippen molar-refractivity contribution in [2.45, 2.75) is 70.7 Å². The van der Waals surface area contributed by atoms with Gasteiger partial charge in [-0.15, -0.1) is 0 Å². The molecule has 1 heterocycles. The zero-order valence-corrected chi connectivity index (χ0v) is 34.2. The molecule has 2 rings (SSSR count). The SMILES string of the molecule is CSCC[C@H](NC(=O)c1cccc(CNC(=O)COCCOCCOCCNC(=O)OC(C)(C)C)c1)C(=O)NCC(=O)N[C@@H](CCCCN1C(=O)C=CC1=O)C(=O)O. The van der Waals surface area contributed by atoms with Gasteiger partial charge in [0.25, 0.3) is 17.7 Å². The molecule has 19 nitrogen and oxygen atoms in total. The molecule has 0 unspecified atom stereocenters. The van der Waals surface area contributed by atoms with Crippen LogP contribution in [-0.4, -0.2) is 146 Å². The van der Waals surface area contributed by atoms with Gasteiger partial charge in [0.05, 0.1) is 39.6 Å². The normalized spacial score (nSPS) is 13.4. The lowest BCUT2D eigenvalue weighted by Gasteiger charge is -2.19. The van der Waals surface area contributed by atoms with Crippen LogP contribution in [0, 0.1) is 0 Å². The van der Waals surface area contributed by atoms with Gasteiger partial charge < -0.3 is 50.6 Å². The van der Waals surface area contributed by atoms with Gasteiger partial charge in [0, 0.05) is 37.3 Å². The molecule has 0 fully saturated rings. The molecule has 58 heavy (non-hydrogen) atoms. The van der Waals surface area contributed by atoms with E-state index in [2.05, 4.69) is 26.6 Å². The van der Waals surface area contributed by atoms with Crippen LogP contribution in [0.3, 0.4) is 0 Å². The molecule has 2 atom stereocenters. The van der Waals surface area contributed by atoms with Crippen molar-refractivity contribution in [2.75, 3.05) is 71.3 Å². The van der Waals surface area contributed by atoms with Crippen molar-refractivity contribution in [3.05, 3.63) is 47.5 Å². The van der Waals surface area contributed by atoms with Gasteiger partial charge in [0.1, 0.15) is 24.3 Å². The standard InChI is InChI=1S/C38H56N6O13S/c1-38(2,3)57-37(53)39-14-16-54-17-18-55-19-20-56-25-31(46)40-23-26-8-7-9-27(22-26)34(49)43-28(13-21-58-4)35(50)41-24-30(45)42-29(36(51)52)10-5-6-15-44-32(47)11-12-33(44)48/h7-9,11-12,22,28-29H,5-6,10,13-21,23-25H2,1-4H3,(H,39,53)(H,40,46)(H,41,50)(H,42,45)(H,43,49)(H,51,52)/t28-,29-/m0/s1. The number of nitrogens with one attached hydrogen (secondary N) is 5. The van der Waals surface area contributed by atoms with Crippen LogP contribution in [0.1, 0.15) is 62.4 Å². The highest BCUT2D eigenvalue weighted by Gasteiger charge is 2.25.